The average molecular weight is 584 g/mol. The predicted octanol–water partition coefficient (Wildman–Crippen LogP) is 5.88. The van der Waals surface area contributed by atoms with Crippen molar-refractivity contribution in [2.75, 3.05) is 17.4 Å². The lowest BCUT2D eigenvalue weighted by Crippen LogP contribution is -2.52. The number of carbonyl (C=O) groups excluding carboxylic acids is 2. The van der Waals surface area contributed by atoms with Crippen molar-refractivity contribution in [3.05, 3.63) is 94.5 Å². The van der Waals surface area contributed by atoms with Crippen LogP contribution in [-0.4, -0.2) is 44.3 Å². The highest BCUT2D eigenvalue weighted by Crippen LogP contribution is 2.27. The van der Waals surface area contributed by atoms with Gasteiger partial charge in [0.05, 0.1) is 10.6 Å². The van der Waals surface area contributed by atoms with E-state index in [4.69, 9.17) is 11.6 Å². The van der Waals surface area contributed by atoms with E-state index in [-0.39, 0.29) is 23.0 Å². The third-order valence-corrected chi connectivity index (χ3v) is 8.66. The minimum atomic E-state index is -4.14. The summed E-state index contributed by atoms with van der Waals surface area (Å²) in [5.41, 5.74) is 3.04. The van der Waals surface area contributed by atoms with Gasteiger partial charge < -0.3 is 10.2 Å². The summed E-state index contributed by atoms with van der Waals surface area (Å²) < 4.78 is 28.9. The van der Waals surface area contributed by atoms with Crippen molar-refractivity contribution in [1.82, 2.24) is 10.2 Å². The van der Waals surface area contributed by atoms with E-state index in [0.717, 1.165) is 33.8 Å². The number of hydrogen-bond donors (Lipinski definition) is 1. The Labute approximate surface area is 243 Å². The van der Waals surface area contributed by atoms with Crippen molar-refractivity contribution in [1.29, 1.82) is 0 Å². The molecule has 0 bridgehead atoms. The molecule has 2 amide bonds. The molecule has 0 aliphatic heterocycles. The minimum absolute atomic E-state index is 0.0560. The third kappa shape index (κ3) is 8.08. The summed E-state index contributed by atoms with van der Waals surface area (Å²) in [4.78, 5) is 28.9. The molecule has 0 radical (unpaired) electrons. The summed E-state index contributed by atoms with van der Waals surface area (Å²) in [6, 6.07) is 19.8. The molecule has 0 fully saturated rings. The minimum Gasteiger partial charge on any atom is -0.354 e. The number of nitrogens with zero attached hydrogens (tertiary/aromatic N) is 2. The Kier molecular flexibility index (Phi) is 11.2. The van der Waals surface area contributed by atoms with Gasteiger partial charge in [-0.15, -0.1) is 0 Å². The van der Waals surface area contributed by atoms with Gasteiger partial charge in [-0.05, 0) is 62.6 Å². The van der Waals surface area contributed by atoms with Gasteiger partial charge in [-0.2, -0.15) is 0 Å². The molecule has 0 aromatic heterocycles. The number of aryl methyl sites for hydroxylation is 2. The number of nitrogens with one attached hydrogen (secondary N) is 1. The summed E-state index contributed by atoms with van der Waals surface area (Å²) >= 11 is 6.23. The molecule has 0 heterocycles. The molecular formula is C31H38ClN3O4S. The van der Waals surface area contributed by atoms with E-state index in [1.54, 1.807) is 30.3 Å². The third-order valence-electron chi connectivity index (χ3n) is 6.63. The second kappa shape index (κ2) is 14.3. The Bertz CT molecular complexity index is 1410. The molecule has 7 nitrogen and oxygen atoms in total. The fraction of sp³-hybridized carbons (Fsp3) is 0.355. The summed E-state index contributed by atoms with van der Waals surface area (Å²) in [5, 5.41) is 3.28. The Morgan fingerprint density at radius 3 is 2.25 bits per heavy atom. The molecule has 0 saturated carbocycles. The lowest BCUT2D eigenvalue weighted by Gasteiger charge is -2.33. The summed E-state index contributed by atoms with van der Waals surface area (Å²) in [6.07, 6.45) is 2.12. The number of rotatable bonds is 13. The van der Waals surface area contributed by atoms with Gasteiger partial charge in [-0.3, -0.25) is 13.9 Å². The van der Waals surface area contributed by atoms with E-state index in [2.05, 4.69) is 5.32 Å². The van der Waals surface area contributed by atoms with Gasteiger partial charge in [0.2, 0.25) is 11.8 Å². The van der Waals surface area contributed by atoms with Crippen molar-refractivity contribution in [2.24, 2.45) is 0 Å². The molecule has 0 aliphatic carbocycles. The van der Waals surface area contributed by atoms with Crippen LogP contribution in [0.5, 0.6) is 0 Å². The molecule has 3 aromatic rings. The molecule has 1 N–H and O–H groups in total. The first-order valence-corrected chi connectivity index (χ1v) is 15.4. The first-order chi connectivity index (χ1) is 19.1. The Morgan fingerprint density at radius 1 is 0.925 bits per heavy atom. The first kappa shape index (κ1) is 31.2. The number of carbonyl (C=O) groups is 2. The normalized spacial score (nSPS) is 12.0. The highest BCUT2D eigenvalue weighted by molar-refractivity contribution is 7.92. The zero-order valence-corrected chi connectivity index (χ0v) is 25.1. The SMILES string of the molecule is CCCCNC(=O)[C@@H](CC)N(Cc1cccc(C)c1)C(=O)CN(c1cccc(Cl)c1)S(=O)(=O)c1ccc(C)cc1. The van der Waals surface area contributed by atoms with Gasteiger partial charge in [0.15, 0.2) is 0 Å². The van der Waals surface area contributed by atoms with Crippen LogP contribution in [0.4, 0.5) is 5.69 Å². The second-order valence-corrected chi connectivity index (χ2v) is 12.2. The van der Waals surface area contributed by atoms with Gasteiger partial charge >= 0.3 is 0 Å². The number of halogens is 1. The standard InChI is InChI=1S/C31H38ClN3O4S/c1-5-7-18-33-31(37)29(6-2)34(21-25-11-8-10-24(4)19-25)30(36)22-35(27-13-9-12-26(32)20-27)40(38,39)28-16-14-23(3)15-17-28/h8-17,19-20,29H,5-7,18,21-22H2,1-4H3,(H,33,37)/t29-/m1/s1. The number of sulfonamides is 1. The first-order valence-electron chi connectivity index (χ1n) is 13.5. The molecule has 9 heteroatoms. The zero-order valence-electron chi connectivity index (χ0n) is 23.6. The Morgan fingerprint density at radius 2 is 1.62 bits per heavy atom. The highest BCUT2D eigenvalue weighted by Gasteiger charge is 2.33. The van der Waals surface area contributed by atoms with E-state index < -0.39 is 28.5 Å². The van der Waals surface area contributed by atoms with Crippen LogP contribution in [0.1, 0.15) is 49.8 Å². The quantitative estimate of drug-likeness (QED) is 0.255. The maximum atomic E-state index is 14.1. The molecule has 214 valence electrons. The fourth-order valence-corrected chi connectivity index (χ4v) is 6.02. The zero-order chi connectivity index (χ0) is 29.3. The van der Waals surface area contributed by atoms with Crippen molar-refractivity contribution in [2.45, 2.75) is 64.4 Å². The van der Waals surface area contributed by atoms with E-state index in [1.165, 1.54) is 23.1 Å². The number of amides is 2. The van der Waals surface area contributed by atoms with Crippen molar-refractivity contribution >= 4 is 39.1 Å². The van der Waals surface area contributed by atoms with Gasteiger partial charge in [0, 0.05) is 18.1 Å². The maximum absolute atomic E-state index is 14.1. The average Bonchev–Trinajstić information content (AvgIpc) is 2.91. The van der Waals surface area contributed by atoms with Crippen molar-refractivity contribution < 1.29 is 18.0 Å². The van der Waals surface area contributed by atoms with Crippen LogP contribution in [0.15, 0.2) is 77.7 Å². The van der Waals surface area contributed by atoms with Gasteiger partial charge in [0.1, 0.15) is 12.6 Å². The molecule has 3 aromatic carbocycles. The molecule has 40 heavy (non-hydrogen) atoms. The number of unbranched alkanes of at least 4 members (excludes halogenated alkanes) is 1. The largest absolute Gasteiger partial charge is 0.354 e. The molecule has 0 saturated heterocycles. The monoisotopic (exact) mass is 583 g/mol. The van der Waals surface area contributed by atoms with Crippen LogP contribution in [0.3, 0.4) is 0 Å². The molecule has 1 atom stereocenters. The van der Waals surface area contributed by atoms with Crippen molar-refractivity contribution in [3.8, 4) is 0 Å². The summed E-state index contributed by atoms with van der Waals surface area (Å²) in [7, 11) is -4.14. The summed E-state index contributed by atoms with van der Waals surface area (Å²) in [5.74, 6) is -0.748. The van der Waals surface area contributed by atoms with Crippen LogP contribution in [0.2, 0.25) is 5.02 Å². The smallest absolute Gasteiger partial charge is 0.264 e. The Balaban J connectivity index is 2.04. The van der Waals surface area contributed by atoms with Crippen LogP contribution >= 0.6 is 11.6 Å². The van der Waals surface area contributed by atoms with Gasteiger partial charge in [0.25, 0.3) is 10.0 Å². The van der Waals surface area contributed by atoms with Crippen molar-refractivity contribution in [3.63, 3.8) is 0 Å². The molecule has 3 rings (SSSR count). The molecule has 0 unspecified atom stereocenters. The second-order valence-electron chi connectivity index (χ2n) is 9.88. The topological polar surface area (TPSA) is 86.8 Å². The van der Waals surface area contributed by atoms with E-state index in [0.29, 0.717) is 18.0 Å². The van der Waals surface area contributed by atoms with E-state index >= 15 is 0 Å². The number of anilines is 1. The molecular weight excluding hydrogens is 546 g/mol. The molecule has 0 aliphatic rings. The highest BCUT2D eigenvalue weighted by atomic mass is 35.5. The van der Waals surface area contributed by atoms with Gasteiger partial charge in [-0.1, -0.05) is 85.5 Å². The van der Waals surface area contributed by atoms with Crippen LogP contribution < -0.4 is 9.62 Å². The lowest BCUT2D eigenvalue weighted by atomic mass is 10.1. The number of hydrogen-bond acceptors (Lipinski definition) is 4. The van der Waals surface area contributed by atoms with Crippen LogP contribution in [0.25, 0.3) is 0 Å². The van der Waals surface area contributed by atoms with E-state index in [1.807, 2.05) is 52.0 Å². The maximum Gasteiger partial charge on any atom is 0.264 e. The molecule has 0 spiro atoms. The summed E-state index contributed by atoms with van der Waals surface area (Å²) in [6.45, 7) is 7.88. The van der Waals surface area contributed by atoms with Crippen LogP contribution in [0, 0.1) is 13.8 Å². The van der Waals surface area contributed by atoms with E-state index in [9.17, 15) is 18.0 Å². The lowest BCUT2D eigenvalue weighted by molar-refractivity contribution is -0.140. The van der Waals surface area contributed by atoms with Gasteiger partial charge in [-0.25, -0.2) is 8.42 Å². The Hall–Kier alpha value is -3.36. The predicted molar refractivity (Wildman–Crippen MR) is 161 cm³/mol. The fourth-order valence-electron chi connectivity index (χ4n) is 4.43. The number of benzene rings is 3. The van der Waals surface area contributed by atoms with Crippen LogP contribution in [-0.2, 0) is 26.2 Å².